The fourth-order valence-corrected chi connectivity index (χ4v) is 3.50. The lowest BCUT2D eigenvalue weighted by molar-refractivity contribution is -0.138. The van der Waals surface area contributed by atoms with Crippen LogP contribution >= 0.6 is 11.3 Å². The Labute approximate surface area is 139 Å². The average molecular weight is 326 g/mol. The normalized spacial score (nSPS) is 15.0. The quantitative estimate of drug-likeness (QED) is 0.809. The molecule has 0 bridgehead atoms. The minimum Gasteiger partial charge on any atom is -0.339 e. The Bertz CT molecular complexity index is 764. The van der Waals surface area contributed by atoms with Gasteiger partial charge in [0.15, 0.2) is 0 Å². The number of anilines is 1. The zero-order valence-corrected chi connectivity index (χ0v) is 14.1. The van der Waals surface area contributed by atoms with Gasteiger partial charge in [-0.2, -0.15) is 0 Å². The lowest BCUT2D eigenvalue weighted by Crippen LogP contribution is -2.39. The summed E-state index contributed by atoms with van der Waals surface area (Å²) in [5, 5.41) is 1.91. The van der Waals surface area contributed by atoms with Crippen LogP contribution in [0, 0.1) is 0 Å². The molecule has 4 nitrogen and oxygen atoms in total. The summed E-state index contributed by atoms with van der Waals surface area (Å²) >= 11 is 1.47. The molecular formula is C18H18N2O2S. The van der Waals surface area contributed by atoms with Crippen molar-refractivity contribution in [3.05, 3.63) is 58.4 Å². The van der Waals surface area contributed by atoms with Crippen molar-refractivity contribution in [3.8, 4) is 0 Å². The van der Waals surface area contributed by atoms with Crippen molar-refractivity contribution in [1.82, 2.24) is 4.90 Å². The van der Waals surface area contributed by atoms with Crippen molar-refractivity contribution in [2.75, 3.05) is 11.9 Å². The molecule has 2 heterocycles. The van der Waals surface area contributed by atoms with E-state index in [4.69, 9.17) is 0 Å². The molecule has 0 fully saturated rings. The van der Waals surface area contributed by atoms with Gasteiger partial charge in [0.25, 0.3) is 11.8 Å². The van der Waals surface area contributed by atoms with Gasteiger partial charge in [-0.25, -0.2) is 0 Å². The molecule has 0 N–H and O–H groups in total. The number of amides is 2. The van der Waals surface area contributed by atoms with E-state index in [9.17, 15) is 9.59 Å². The molecule has 0 saturated carbocycles. The molecule has 1 aliphatic rings. The van der Waals surface area contributed by atoms with Crippen LogP contribution in [-0.2, 0) is 9.59 Å². The van der Waals surface area contributed by atoms with Crippen LogP contribution in [0.25, 0.3) is 5.57 Å². The molecule has 0 radical (unpaired) electrons. The van der Waals surface area contributed by atoms with E-state index in [1.54, 1.807) is 4.90 Å². The first-order chi connectivity index (χ1) is 11.0. The number of hydrogen-bond acceptors (Lipinski definition) is 4. The number of carbonyl (C=O) groups excluding carboxylic acids is 2. The van der Waals surface area contributed by atoms with Gasteiger partial charge in [-0.15, -0.1) is 11.3 Å². The van der Waals surface area contributed by atoms with Gasteiger partial charge in [0, 0.05) is 23.7 Å². The highest BCUT2D eigenvalue weighted by molar-refractivity contribution is 7.11. The van der Waals surface area contributed by atoms with E-state index in [1.807, 2.05) is 68.7 Å². The van der Waals surface area contributed by atoms with Crippen LogP contribution in [0.1, 0.15) is 18.7 Å². The first-order valence-corrected chi connectivity index (χ1v) is 8.35. The lowest BCUT2D eigenvalue weighted by Gasteiger charge is -2.23. The summed E-state index contributed by atoms with van der Waals surface area (Å²) in [7, 11) is 1.83. The van der Waals surface area contributed by atoms with Crippen molar-refractivity contribution in [2.45, 2.75) is 19.9 Å². The highest BCUT2D eigenvalue weighted by Gasteiger charge is 2.42. The van der Waals surface area contributed by atoms with Gasteiger partial charge in [-0.05, 0) is 37.4 Å². The molecule has 0 spiro atoms. The molecule has 5 heteroatoms. The third-order valence-corrected chi connectivity index (χ3v) is 4.74. The summed E-state index contributed by atoms with van der Waals surface area (Å²) in [5.74, 6) is -0.454. The summed E-state index contributed by atoms with van der Waals surface area (Å²) < 4.78 is 0. The monoisotopic (exact) mass is 326 g/mol. The van der Waals surface area contributed by atoms with E-state index in [-0.39, 0.29) is 17.9 Å². The predicted molar refractivity (Wildman–Crippen MR) is 93.1 cm³/mol. The summed E-state index contributed by atoms with van der Waals surface area (Å²) in [4.78, 5) is 29.7. The van der Waals surface area contributed by atoms with E-state index in [0.29, 0.717) is 11.3 Å². The lowest BCUT2D eigenvalue weighted by atomic mass is 10.1. The maximum atomic E-state index is 12.9. The number of carbonyl (C=O) groups is 2. The molecule has 1 aromatic heterocycles. The molecule has 0 saturated heterocycles. The van der Waals surface area contributed by atoms with E-state index < -0.39 is 0 Å². The predicted octanol–water partition coefficient (Wildman–Crippen LogP) is 3.37. The second-order valence-electron chi connectivity index (χ2n) is 5.67. The molecule has 3 rings (SSSR count). The van der Waals surface area contributed by atoms with Gasteiger partial charge in [0.1, 0.15) is 5.70 Å². The first kappa shape index (κ1) is 15.5. The maximum Gasteiger partial charge on any atom is 0.278 e. The molecule has 1 aromatic carbocycles. The molecule has 2 amide bonds. The second kappa shape index (κ2) is 6.01. The summed E-state index contributed by atoms with van der Waals surface area (Å²) in [6.07, 6.45) is 0. The van der Waals surface area contributed by atoms with Crippen LogP contribution in [0.5, 0.6) is 0 Å². The molecule has 118 valence electrons. The third-order valence-electron chi connectivity index (χ3n) is 3.85. The molecule has 2 aromatic rings. The summed E-state index contributed by atoms with van der Waals surface area (Å²) in [6, 6.07) is 13.2. The molecular weight excluding hydrogens is 308 g/mol. The van der Waals surface area contributed by atoms with Crippen LogP contribution in [0.3, 0.4) is 0 Å². The Kier molecular flexibility index (Phi) is 4.05. The maximum absolute atomic E-state index is 12.9. The Morgan fingerprint density at radius 2 is 1.70 bits per heavy atom. The Balaban J connectivity index is 2.15. The summed E-state index contributed by atoms with van der Waals surface area (Å²) in [5.41, 5.74) is 1.81. The number of imide groups is 1. The van der Waals surface area contributed by atoms with Crippen molar-refractivity contribution in [2.24, 2.45) is 0 Å². The number of rotatable bonds is 4. The van der Waals surface area contributed by atoms with Crippen molar-refractivity contribution in [3.63, 3.8) is 0 Å². The van der Waals surface area contributed by atoms with Crippen LogP contribution in [0.4, 0.5) is 5.69 Å². The fourth-order valence-electron chi connectivity index (χ4n) is 2.74. The number of benzene rings is 1. The molecule has 0 atom stereocenters. The first-order valence-electron chi connectivity index (χ1n) is 7.47. The largest absolute Gasteiger partial charge is 0.339 e. The van der Waals surface area contributed by atoms with E-state index in [2.05, 4.69) is 0 Å². The Morgan fingerprint density at radius 3 is 2.26 bits per heavy atom. The third kappa shape index (κ3) is 2.57. The number of thiophene rings is 1. The molecule has 0 unspecified atom stereocenters. The van der Waals surface area contributed by atoms with Crippen LogP contribution in [0.2, 0.25) is 0 Å². The highest BCUT2D eigenvalue weighted by atomic mass is 32.1. The van der Waals surface area contributed by atoms with Gasteiger partial charge in [-0.1, -0.05) is 24.3 Å². The highest BCUT2D eigenvalue weighted by Crippen LogP contribution is 2.35. The Morgan fingerprint density at radius 1 is 1.00 bits per heavy atom. The standard InChI is InChI=1S/C18H18N2O2S/c1-12(2)20-17(21)15(14-10-7-11-23-14)16(18(20)22)19(3)13-8-5-4-6-9-13/h4-12H,1-3H3. The van der Waals surface area contributed by atoms with Crippen LogP contribution in [-0.4, -0.2) is 29.8 Å². The van der Waals surface area contributed by atoms with E-state index in [0.717, 1.165) is 10.6 Å². The number of nitrogens with zero attached hydrogens (tertiary/aromatic N) is 2. The van der Waals surface area contributed by atoms with Gasteiger partial charge >= 0.3 is 0 Å². The average Bonchev–Trinajstić information content (AvgIpc) is 3.13. The SMILES string of the molecule is CC(C)N1C(=O)C(c2cccs2)=C(N(C)c2ccccc2)C1=O. The minimum atomic E-state index is -0.236. The fraction of sp³-hybridized carbons (Fsp3) is 0.222. The zero-order chi connectivity index (χ0) is 16.6. The zero-order valence-electron chi connectivity index (χ0n) is 13.3. The number of likely N-dealkylation sites (N-methyl/N-ethyl adjacent to an activating group) is 1. The minimum absolute atomic E-state index is 0.174. The van der Waals surface area contributed by atoms with Gasteiger partial charge in [0.2, 0.25) is 0 Å². The topological polar surface area (TPSA) is 40.6 Å². The molecule has 1 aliphatic heterocycles. The van der Waals surface area contributed by atoms with E-state index >= 15 is 0 Å². The van der Waals surface area contributed by atoms with Crippen molar-refractivity contribution >= 4 is 34.4 Å². The molecule has 23 heavy (non-hydrogen) atoms. The smallest absolute Gasteiger partial charge is 0.278 e. The van der Waals surface area contributed by atoms with Gasteiger partial charge in [0.05, 0.1) is 5.57 Å². The van der Waals surface area contributed by atoms with Crippen LogP contribution in [0.15, 0.2) is 53.5 Å². The van der Waals surface area contributed by atoms with E-state index in [1.165, 1.54) is 16.2 Å². The number of para-hydroxylation sites is 1. The molecule has 0 aliphatic carbocycles. The Hall–Kier alpha value is -2.40. The summed E-state index contributed by atoms with van der Waals surface area (Å²) in [6.45, 7) is 3.71. The van der Waals surface area contributed by atoms with Gasteiger partial charge in [-0.3, -0.25) is 14.5 Å². The van der Waals surface area contributed by atoms with Gasteiger partial charge < -0.3 is 4.90 Å². The van der Waals surface area contributed by atoms with Crippen LogP contribution < -0.4 is 4.90 Å². The van der Waals surface area contributed by atoms with Crippen molar-refractivity contribution in [1.29, 1.82) is 0 Å². The van der Waals surface area contributed by atoms with Crippen molar-refractivity contribution < 1.29 is 9.59 Å². The number of hydrogen-bond donors (Lipinski definition) is 0. The second-order valence-corrected chi connectivity index (χ2v) is 6.62.